The predicted molar refractivity (Wildman–Crippen MR) is 129 cm³/mol. The molecule has 4 N–H and O–H groups in total. The van der Waals surface area contributed by atoms with Gasteiger partial charge in [-0.25, -0.2) is 0 Å². The summed E-state index contributed by atoms with van der Waals surface area (Å²) in [5.74, 6) is 0.891. The Morgan fingerprint density at radius 2 is 1.75 bits per heavy atom. The third-order valence-electron chi connectivity index (χ3n) is 6.11. The second kappa shape index (κ2) is 8.48. The topological polar surface area (TPSA) is 93.1 Å². The highest BCUT2D eigenvalue weighted by Crippen LogP contribution is 2.24. The van der Waals surface area contributed by atoms with E-state index in [0.29, 0.717) is 12.1 Å². The monoisotopic (exact) mass is 426 g/mol. The molecule has 1 aliphatic rings. The zero-order valence-corrected chi connectivity index (χ0v) is 17.8. The Bertz CT molecular complexity index is 1370. The fraction of sp³-hybridized carbons (Fsp3) is 0.231. The summed E-state index contributed by atoms with van der Waals surface area (Å²) in [5.41, 5.74) is 8.20. The molecule has 162 valence electrons. The standard InChI is InChI=1S/C26H26N4O2/c27-26(28)20-4-3-18-2-1-17(13-21(18)14-20)16-30-24-7-6-23(15-19(24)5-8-25(30)31)32-22-9-11-29-12-10-22/h1-8,13-15,22,29H,9-12,16H2,(H3,27,28). The SMILES string of the molecule is N=C(N)c1ccc2ccc(Cn3c(=O)ccc4cc(OC5CCNCC5)ccc43)cc2c1. The van der Waals surface area contributed by atoms with Gasteiger partial charge in [-0.3, -0.25) is 10.2 Å². The molecule has 0 atom stereocenters. The van der Waals surface area contributed by atoms with Crippen molar-refractivity contribution in [2.75, 3.05) is 13.1 Å². The molecule has 0 aliphatic carbocycles. The molecule has 0 unspecified atom stereocenters. The van der Waals surface area contributed by atoms with Crippen LogP contribution in [0.25, 0.3) is 21.7 Å². The lowest BCUT2D eigenvalue weighted by Crippen LogP contribution is -2.34. The first-order valence-corrected chi connectivity index (χ1v) is 10.9. The van der Waals surface area contributed by atoms with Crippen molar-refractivity contribution in [3.8, 4) is 5.75 Å². The highest BCUT2D eigenvalue weighted by Gasteiger charge is 2.15. The largest absolute Gasteiger partial charge is 0.490 e. The molecule has 0 spiro atoms. The van der Waals surface area contributed by atoms with Crippen LogP contribution in [0, 0.1) is 5.41 Å². The van der Waals surface area contributed by atoms with E-state index in [9.17, 15) is 4.79 Å². The maximum Gasteiger partial charge on any atom is 0.251 e. The third-order valence-corrected chi connectivity index (χ3v) is 6.11. The van der Waals surface area contributed by atoms with Crippen LogP contribution in [0.15, 0.2) is 71.5 Å². The lowest BCUT2D eigenvalue weighted by Gasteiger charge is -2.24. The van der Waals surface area contributed by atoms with E-state index in [4.69, 9.17) is 15.9 Å². The van der Waals surface area contributed by atoms with Gasteiger partial charge in [0.25, 0.3) is 5.56 Å². The van der Waals surface area contributed by atoms with Crippen molar-refractivity contribution in [2.24, 2.45) is 5.73 Å². The van der Waals surface area contributed by atoms with Crippen LogP contribution in [0.5, 0.6) is 5.75 Å². The number of hydrogen-bond donors (Lipinski definition) is 3. The molecular weight excluding hydrogens is 400 g/mol. The smallest absolute Gasteiger partial charge is 0.251 e. The Labute approximate surface area is 186 Å². The highest BCUT2D eigenvalue weighted by atomic mass is 16.5. The molecule has 0 saturated carbocycles. The number of piperidine rings is 1. The number of amidine groups is 1. The van der Waals surface area contributed by atoms with Crippen LogP contribution in [-0.2, 0) is 6.54 Å². The minimum absolute atomic E-state index is 0.0397. The van der Waals surface area contributed by atoms with E-state index < -0.39 is 0 Å². The number of benzene rings is 3. The van der Waals surface area contributed by atoms with Gasteiger partial charge in [0.05, 0.1) is 12.1 Å². The molecule has 4 aromatic rings. The van der Waals surface area contributed by atoms with Crippen molar-refractivity contribution < 1.29 is 4.74 Å². The first kappa shape index (κ1) is 20.3. The summed E-state index contributed by atoms with van der Waals surface area (Å²) in [5, 5.41) is 14.1. The van der Waals surface area contributed by atoms with Crippen molar-refractivity contribution in [3.05, 3.63) is 88.2 Å². The summed E-state index contributed by atoms with van der Waals surface area (Å²) in [6.07, 6.45) is 2.24. The predicted octanol–water partition coefficient (Wildman–Crippen LogP) is 3.62. The van der Waals surface area contributed by atoms with Gasteiger partial charge in [0, 0.05) is 17.0 Å². The van der Waals surface area contributed by atoms with Gasteiger partial charge in [0.15, 0.2) is 0 Å². The number of pyridine rings is 1. The van der Waals surface area contributed by atoms with Gasteiger partial charge in [-0.2, -0.15) is 0 Å². The number of nitrogens with one attached hydrogen (secondary N) is 2. The number of fused-ring (bicyclic) bond motifs is 2. The zero-order valence-electron chi connectivity index (χ0n) is 17.8. The number of rotatable bonds is 5. The van der Waals surface area contributed by atoms with Gasteiger partial charge in [-0.05, 0) is 78.7 Å². The number of hydrogen-bond acceptors (Lipinski definition) is 4. The summed E-state index contributed by atoms with van der Waals surface area (Å²) in [6, 6.07) is 21.3. The van der Waals surface area contributed by atoms with Crippen LogP contribution in [0.2, 0.25) is 0 Å². The van der Waals surface area contributed by atoms with Crippen LogP contribution in [0.1, 0.15) is 24.0 Å². The molecule has 0 bridgehead atoms. The second-order valence-electron chi connectivity index (χ2n) is 8.36. The molecule has 1 saturated heterocycles. The fourth-order valence-electron chi connectivity index (χ4n) is 4.37. The average molecular weight is 427 g/mol. The fourth-order valence-corrected chi connectivity index (χ4v) is 4.37. The molecule has 0 radical (unpaired) electrons. The van der Waals surface area contributed by atoms with Crippen molar-refractivity contribution in [1.29, 1.82) is 5.41 Å². The molecule has 6 heteroatoms. The van der Waals surface area contributed by atoms with E-state index in [1.807, 2.05) is 54.6 Å². The summed E-state index contributed by atoms with van der Waals surface area (Å²) in [4.78, 5) is 12.7. The van der Waals surface area contributed by atoms with Gasteiger partial charge >= 0.3 is 0 Å². The van der Waals surface area contributed by atoms with E-state index in [-0.39, 0.29) is 17.5 Å². The normalized spacial score (nSPS) is 14.6. The molecule has 32 heavy (non-hydrogen) atoms. The summed E-state index contributed by atoms with van der Waals surface area (Å²) in [7, 11) is 0. The van der Waals surface area contributed by atoms with Crippen LogP contribution >= 0.6 is 0 Å². The molecule has 5 rings (SSSR count). The maximum atomic E-state index is 12.7. The van der Waals surface area contributed by atoms with Gasteiger partial charge in [-0.15, -0.1) is 0 Å². The Balaban J connectivity index is 1.47. The molecule has 1 aliphatic heterocycles. The third kappa shape index (κ3) is 4.09. The molecular formula is C26H26N4O2. The van der Waals surface area contributed by atoms with Crippen LogP contribution in [0.3, 0.4) is 0 Å². The second-order valence-corrected chi connectivity index (χ2v) is 8.36. The number of ether oxygens (including phenoxy) is 1. The van der Waals surface area contributed by atoms with E-state index >= 15 is 0 Å². The highest BCUT2D eigenvalue weighted by molar-refractivity contribution is 5.99. The summed E-state index contributed by atoms with van der Waals surface area (Å²) >= 11 is 0. The molecule has 6 nitrogen and oxygen atoms in total. The Morgan fingerprint density at radius 3 is 2.56 bits per heavy atom. The van der Waals surface area contributed by atoms with Crippen LogP contribution < -0.4 is 21.3 Å². The number of nitrogens with zero attached hydrogens (tertiary/aromatic N) is 1. The molecule has 0 amide bonds. The van der Waals surface area contributed by atoms with Gasteiger partial charge in [0.2, 0.25) is 0 Å². The average Bonchev–Trinajstić information content (AvgIpc) is 2.81. The Kier molecular flexibility index (Phi) is 5.37. The number of nitrogens with two attached hydrogens (primary N) is 1. The van der Waals surface area contributed by atoms with Gasteiger partial charge < -0.3 is 20.4 Å². The minimum Gasteiger partial charge on any atom is -0.490 e. The Morgan fingerprint density at radius 1 is 0.969 bits per heavy atom. The van der Waals surface area contributed by atoms with Crippen molar-refractivity contribution in [3.63, 3.8) is 0 Å². The number of nitrogen functional groups attached to an aromatic ring is 1. The first-order valence-electron chi connectivity index (χ1n) is 10.9. The van der Waals surface area contributed by atoms with E-state index in [2.05, 4.69) is 11.4 Å². The van der Waals surface area contributed by atoms with Crippen LogP contribution in [-0.4, -0.2) is 29.6 Å². The Hall–Kier alpha value is -3.64. The van der Waals surface area contributed by atoms with Gasteiger partial charge in [0.1, 0.15) is 17.7 Å². The first-order chi connectivity index (χ1) is 15.6. The molecule has 2 heterocycles. The summed E-state index contributed by atoms with van der Waals surface area (Å²) < 4.78 is 7.97. The van der Waals surface area contributed by atoms with Gasteiger partial charge in [-0.1, -0.05) is 24.3 Å². The van der Waals surface area contributed by atoms with Crippen molar-refractivity contribution in [2.45, 2.75) is 25.5 Å². The molecule has 1 fully saturated rings. The minimum atomic E-state index is -0.0397. The van der Waals surface area contributed by atoms with Crippen molar-refractivity contribution >= 4 is 27.5 Å². The van der Waals surface area contributed by atoms with E-state index in [1.54, 1.807) is 10.6 Å². The van der Waals surface area contributed by atoms with Crippen LogP contribution in [0.4, 0.5) is 0 Å². The quantitative estimate of drug-likeness (QED) is 0.336. The maximum absolute atomic E-state index is 12.7. The molecule has 3 aromatic carbocycles. The molecule has 1 aromatic heterocycles. The lowest BCUT2D eigenvalue weighted by molar-refractivity contribution is 0.162. The van der Waals surface area contributed by atoms with E-state index in [0.717, 1.165) is 58.9 Å². The lowest BCUT2D eigenvalue weighted by atomic mass is 10.0. The zero-order chi connectivity index (χ0) is 22.1. The number of aromatic nitrogens is 1. The van der Waals surface area contributed by atoms with Crippen molar-refractivity contribution in [1.82, 2.24) is 9.88 Å². The van der Waals surface area contributed by atoms with E-state index in [1.165, 1.54) is 0 Å². The summed E-state index contributed by atoms with van der Waals surface area (Å²) in [6.45, 7) is 2.43.